The zero-order valence-corrected chi connectivity index (χ0v) is 14.7. The summed E-state index contributed by atoms with van der Waals surface area (Å²) in [6, 6.07) is 4.05. The Morgan fingerprint density at radius 2 is 1.88 bits per heavy atom. The van der Waals surface area contributed by atoms with Gasteiger partial charge in [0.1, 0.15) is 17.1 Å². The van der Waals surface area contributed by atoms with Crippen LogP contribution in [-0.4, -0.2) is 32.1 Å². The van der Waals surface area contributed by atoms with E-state index in [-0.39, 0.29) is 6.10 Å². The van der Waals surface area contributed by atoms with Crippen molar-refractivity contribution >= 4 is 22.5 Å². The van der Waals surface area contributed by atoms with Crippen LogP contribution >= 0.6 is 0 Å². The van der Waals surface area contributed by atoms with E-state index < -0.39 is 0 Å². The van der Waals surface area contributed by atoms with Crippen molar-refractivity contribution in [1.29, 1.82) is 0 Å². The van der Waals surface area contributed by atoms with E-state index in [9.17, 15) is 0 Å². The van der Waals surface area contributed by atoms with E-state index in [1.165, 1.54) is 0 Å². The summed E-state index contributed by atoms with van der Waals surface area (Å²) in [6.45, 7) is 1.95. The molecule has 1 saturated carbocycles. The van der Waals surface area contributed by atoms with Gasteiger partial charge >= 0.3 is 0 Å². The fourth-order valence-electron chi connectivity index (χ4n) is 3.40. The maximum atomic E-state index is 6.23. The highest BCUT2D eigenvalue weighted by Crippen LogP contribution is 2.30. The molecule has 134 valence electrons. The van der Waals surface area contributed by atoms with Gasteiger partial charge in [-0.1, -0.05) is 0 Å². The number of hydrogen-bond donors (Lipinski definition) is 2. The number of nitrogens with two attached hydrogens (primary N) is 1. The first-order chi connectivity index (χ1) is 12.7. The molecule has 1 aromatic carbocycles. The Balaban J connectivity index is 1.40. The number of nitrogens with zero attached hydrogens (tertiary/aromatic N) is 4. The molecule has 4 rings (SSSR count). The number of fused-ring (bicyclic) bond motifs is 1. The quantitative estimate of drug-likeness (QED) is 0.697. The van der Waals surface area contributed by atoms with Crippen molar-refractivity contribution < 1.29 is 4.74 Å². The first-order valence-electron chi connectivity index (χ1n) is 8.89. The standard InChI is InChI=1S/C19H22N6O/c1-12-10-21-11-18(24-12)25-14-2-4-15(5-3-14)26-17-9-13(20)8-16-19(17)23-7-6-22-16/h6-11,14-15H,2-5,20H2,1H3,(H,24,25). The second-order valence-corrected chi connectivity index (χ2v) is 6.72. The van der Waals surface area contributed by atoms with Crippen LogP contribution in [0.25, 0.3) is 11.0 Å². The predicted molar refractivity (Wildman–Crippen MR) is 101 cm³/mol. The van der Waals surface area contributed by atoms with Crippen LogP contribution in [0.5, 0.6) is 5.75 Å². The van der Waals surface area contributed by atoms with E-state index in [0.717, 1.165) is 48.2 Å². The van der Waals surface area contributed by atoms with Crippen molar-refractivity contribution in [3.63, 3.8) is 0 Å². The van der Waals surface area contributed by atoms with Crippen LogP contribution in [0.2, 0.25) is 0 Å². The molecule has 0 aliphatic heterocycles. The molecule has 7 heteroatoms. The lowest BCUT2D eigenvalue weighted by Crippen LogP contribution is -2.31. The Bertz CT molecular complexity index is 907. The van der Waals surface area contributed by atoms with Crippen LogP contribution in [0.3, 0.4) is 0 Å². The van der Waals surface area contributed by atoms with Crippen LogP contribution in [0.15, 0.2) is 36.9 Å². The number of nitrogens with one attached hydrogen (secondary N) is 1. The van der Waals surface area contributed by atoms with Gasteiger partial charge in [-0.3, -0.25) is 9.97 Å². The molecule has 3 N–H and O–H groups in total. The summed E-state index contributed by atoms with van der Waals surface area (Å²) in [6.07, 6.45) is 11.0. The molecule has 1 fully saturated rings. The number of benzene rings is 1. The van der Waals surface area contributed by atoms with Gasteiger partial charge in [0, 0.05) is 36.4 Å². The summed E-state index contributed by atoms with van der Waals surface area (Å²) >= 11 is 0. The Morgan fingerprint density at radius 3 is 2.69 bits per heavy atom. The van der Waals surface area contributed by atoms with Gasteiger partial charge in [0.05, 0.1) is 23.5 Å². The Morgan fingerprint density at radius 1 is 1.08 bits per heavy atom. The number of aryl methyl sites for hydroxylation is 1. The fraction of sp³-hybridized carbons (Fsp3) is 0.368. The summed E-state index contributed by atoms with van der Waals surface area (Å²) in [5, 5.41) is 3.47. The highest BCUT2D eigenvalue weighted by atomic mass is 16.5. The fourth-order valence-corrected chi connectivity index (χ4v) is 3.40. The van der Waals surface area contributed by atoms with Crippen molar-refractivity contribution in [3.8, 4) is 5.75 Å². The van der Waals surface area contributed by atoms with Crippen molar-refractivity contribution in [1.82, 2.24) is 19.9 Å². The van der Waals surface area contributed by atoms with Gasteiger partial charge in [-0.2, -0.15) is 0 Å². The number of ether oxygens (including phenoxy) is 1. The molecular weight excluding hydrogens is 328 g/mol. The molecule has 1 aliphatic rings. The molecule has 0 spiro atoms. The molecule has 2 heterocycles. The van der Waals surface area contributed by atoms with E-state index in [1.807, 2.05) is 19.1 Å². The first-order valence-corrected chi connectivity index (χ1v) is 8.89. The van der Waals surface area contributed by atoms with Crippen LogP contribution in [0.4, 0.5) is 11.5 Å². The second-order valence-electron chi connectivity index (χ2n) is 6.72. The highest BCUT2D eigenvalue weighted by molar-refractivity contribution is 5.84. The van der Waals surface area contributed by atoms with E-state index in [0.29, 0.717) is 17.5 Å². The molecule has 0 atom stereocenters. The molecule has 3 aromatic rings. The third-order valence-electron chi connectivity index (χ3n) is 4.64. The number of nitrogen functional groups attached to an aromatic ring is 1. The Kier molecular flexibility index (Phi) is 4.51. The van der Waals surface area contributed by atoms with Crippen LogP contribution in [-0.2, 0) is 0 Å². The molecule has 0 unspecified atom stereocenters. The summed E-state index contributed by atoms with van der Waals surface area (Å²) in [7, 11) is 0. The average Bonchev–Trinajstić information content (AvgIpc) is 2.63. The van der Waals surface area contributed by atoms with Gasteiger partial charge in [-0.05, 0) is 38.7 Å². The summed E-state index contributed by atoms with van der Waals surface area (Å²) < 4.78 is 6.23. The summed E-state index contributed by atoms with van der Waals surface area (Å²) in [5.74, 6) is 1.56. The minimum atomic E-state index is 0.156. The highest BCUT2D eigenvalue weighted by Gasteiger charge is 2.23. The molecule has 0 amide bonds. The van der Waals surface area contributed by atoms with Crippen molar-refractivity contribution in [2.45, 2.75) is 44.8 Å². The van der Waals surface area contributed by atoms with E-state index in [1.54, 1.807) is 24.8 Å². The lowest BCUT2D eigenvalue weighted by atomic mass is 9.93. The molecule has 26 heavy (non-hydrogen) atoms. The van der Waals surface area contributed by atoms with Gasteiger partial charge in [0.25, 0.3) is 0 Å². The molecule has 1 aliphatic carbocycles. The minimum Gasteiger partial charge on any atom is -0.488 e. The molecular formula is C19H22N6O. The molecule has 2 aromatic heterocycles. The number of rotatable bonds is 4. The number of hydrogen-bond acceptors (Lipinski definition) is 7. The van der Waals surface area contributed by atoms with E-state index in [2.05, 4.69) is 25.3 Å². The zero-order valence-electron chi connectivity index (χ0n) is 14.7. The minimum absolute atomic E-state index is 0.156. The SMILES string of the molecule is Cc1cncc(NC2CCC(Oc3cc(N)cc4nccnc34)CC2)n1. The third kappa shape index (κ3) is 3.66. The summed E-state index contributed by atoms with van der Waals surface area (Å²) in [4.78, 5) is 17.4. The van der Waals surface area contributed by atoms with Crippen molar-refractivity contribution in [2.75, 3.05) is 11.1 Å². The second kappa shape index (κ2) is 7.11. The monoisotopic (exact) mass is 350 g/mol. The number of aromatic nitrogens is 4. The lowest BCUT2D eigenvalue weighted by Gasteiger charge is -2.30. The van der Waals surface area contributed by atoms with Crippen molar-refractivity contribution in [2.24, 2.45) is 0 Å². The van der Waals surface area contributed by atoms with Gasteiger partial charge in [0.2, 0.25) is 0 Å². The van der Waals surface area contributed by atoms with Gasteiger partial charge in [0.15, 0.2) is 0 Å². The normalized spacial score (nSPS) is 20.0. The van der Waals surface area contributed by atoms with E-state index in [4.69, 9.17) is 10.5 Å². The first kappa shape index (κ1) is 16.5. The average molecular weight is 350 g/mol. The van der Waals surface area contributed by atoms with Gasteiger partial charge in [-0.15, -0.1) is 0 Å². The molecule has 0 bridgehead atoms. The van der Waals surface area contributed by atoms with Crippen LogP contribution < -0.4 is 15.8 Å². The molecule has 0 radical (unpaired) electrons. The topological polar surface area (TPSA) is 98.8 Å². The predicted octanol–water partition coefficient (Wildman–Crippen LogP) is 3.11. The smallest absolute Gasteiger partial charge is 0.149 e. The van der Waals surface area contributed by atoms with Crippen molar-refractivity contribution in [3.05, 3.63) is 42.6 Å². The van der Waals surface area contributed by atoms with Gasteiger partial charge < -0.3 is 15.8 Å². The van der Waals surface area contributed by atoms with Crippen LogP contribution in [0.1, 0.15) is 31.4 Å². The lowest BCUT2D eigenvalue weighted by molar-refractivity contribution is 0.152. The third-order valence-corrected chi connectivity index (χ3v) is 4.64. The molecule has 0 saturated heterocycles. The van der Waals surface area contributed by atoms with E-state index >= 15 is 0 Å². The number of anilines is 2. The Hall–Kier alpha value is -2.96. The maximum absolute atomic E-state index is 6.23. The van der Waals surface area contributed by atoms with Crippen LogP contribution in [0, 0.1) is 6.92 Å². The largest absolute Gasteiger partial charge is 0.488 e. The zero-order chi connectivity index (χ0) is 17.9. The maximum Gasteiger partial charge on any atom is 0.149 e. The molecule has 7 nitrogen and oxygen atoms in total. The Labute approximate surface area is 152 Å². The summed E-state index contributed by atoms with van der Waals surface area (Å²) in [5.41, 5.74) is 9.06. The van der Waals surface area contributed by atoms with Gasteiger partial charge in [-0.25, -0.2) is 9.97 Å².